The Hall–Kier alpha value is -1.26. The summed E-state index contributed by atoms with van der Waals surface area (Å²) in [5.41, 5.74) is -0.247. The molecule has 2 atom stereocenters. The lowest BCUT2D eigenvalue weighted by Crippen LogP contribution is -2.47. The first-order valence-electron chi connectivity index (χ1n) is 8.27. The van der Waals surface area contributed by atoms with E-state index in [1.54, 1.807) is 0 Å². The van der Waals surface area contributed by atoms with Crippen molar-refractivity contribution in [2.24, 2.45) is 11.3 Å². The molecule has 0 aromatic carbocycles. The van der Waals surface area contributed by atoms with E-state index in [9.17, 15) is 9.59 Å². The van der Waals surface area contributed by atoms with Crippen LogP contribution in [0.5, 0.6) is 0 Å². The van der Waals surface area contributed by atoms with Crippen LogP contribution in [0, 0.1) is 11.3 Å². The zero-order chi connectivity index (χ0) is 15.3. The molecular weight excluding hydrogens is 268 g/mol. The SMILES string of the molecule is CC1CCCC1NC(=O)NCC1(CC(=O)O)CCCCC1. The molecule has 0 aromatic heterocycles. The topological polar surface area (TPSA) is 78.4 Å². The zero-order valence-corrected chi connectivity index (χ0v) is 13.0. The predicted molar refractivity (Wildman–Crippen MR) is 81.1 cm³/mol. The second kappa shape index (κ2) is 7.14. The van der Waals surface area contributed by atoms with Crippen LogP contribution in [0.2, 0.25) is 0 Å². The molecule has 120 valence electrons. The molecule has 5 nitrogen and oxygen atoms in total. The summed E-state index contributed by atoms with van der Waals surface area (Å²) in [6.45, 7) is 2.65. The van der Waals surface area contributed by atoms with Crippen LogP contribution in [-0.4, -0.2) is 29.7 Å². The van der Waals surface area contributed by atoms with Crippen LogP contribution >= 0.6 is 0 Å². The molecule has 0 saturated heterocycles. The summed E-state index contributed by atoms with van der Waals surface area (Å²) in [6, 6.07) is 0.135. The Morgan fingerprint density at radius 3 is 2.43 bits per heavy atom. The Labute approximate surface area is 126 Å². The summed E-state index contributed by atoms with van der Waals surface area (Å²) >= 11 is 0. The summed E-state index contributed by atoms with van der Waals surface area (Å²) in [6.07, 6.45) is 8.67. The van der Waals surface area contributed by atoms with Gasteiger partial charge in [-0.05, 0) is 37.0 Å². The van der Waals surface area contributed by atoms with Crippen LogP contribution in [0.3, 0.4) is 0 Å². The Balaban J connectivity index is 1.83. The number of carbonyl (C=O) groups excluding carboxylic acids is 1. The maximum Gasteiger partial charge on any atom is 0.315 e. The number of carbonyl (C=O) groups is 2. The van der Waals surface area contributed by atoms with E-state index in [0.29, 0.717) is 12.5 Å². The van der Waals surface area contributed by atoms with Gasteiger partial charge in [0.2, 0.25) is 0 Å². The first-order valence-corrected chi connectivity index (χ1v) is 8.27. The number of hydrogen-bond acceptors (Lipinski definition) is 2. The molecule has 0 radical (unpaired) electrons. The van der Waals surface area contributed by atoms with Gasteiger partial charge in [0.05, 0.1) is 6.42 Å². The molecule has 2 aliphatic carbocycles. The molecule has 2 rings (SSSR count). The number of urea groups is 1. The molecule has 2 saturated carbocycles. The fraction of sp³-hybridized carbons (Fsp3) is 0.875. The van der Waals surface area contributed by atoms with Gasteiger partial charge in [-0.15, -0.1) is 0 Å². The van der Waals surface area contributed by atoms with E-state index in [0.717, 1.165) is 32.1 Å². The smallest absolute Gasteiger partial charge is 0.315 e. The lowest BCUT2D eigenvalue weighted by molar-refractivity contribution is -0.140. The molecule has 2 aliphatic rings. The Kier molecular flexibility index (Phi) is 5.48. The summed E-state index contributed by atoms with van der Waals surface area (Å²) in [4.78, 5) is 23.2. The van der Waals surface area contributed by atoms with Gasteiger partial charge in [0, 0.05) is 12.6 Å². The van der Waals surface area contributed by atoms with Gasteiger partial charge in [0.1, 0.15) is 0 Å². The average molecular weight is 296 g/mol. The van der Waals surface area contributed by atoms with Gasteiger partial charge in [-0.25, -0.2) is 4.79 Å². The second-order valence-corrected chi connectivity index (χ2v) is 6.97. The summed E-state index contributed by atoms with van der Waals surface area (Å²) in [7, 11) is 0. The number of amides is 2. The van der Waals surface area contributed by atoms with Crippen LogP contribution in [0.1, 0.15) is 64.7 Å². The van der Waals surface area contributed by atoms with Crippen LogP contribution in [-0.2, 0) is 4.79 Å². The maximum absolute atomic E-state index is 12.0. The first-order chi connectivity index (χ1) is 10.0. The van der Waals surface area contributed by atoms with Gasteiger partial charge in [-0.1, -0.05) is 32.6 Å². The van der Waals surface area contributed by atoms with E-state index in [2.05, 4.69) is 17.6 Å². The van der Waals surface area contributed by atoms with Crippen molar-refractivity contribution in [3.63, 3.8) is 0 Å². The van der Waals surface area contributed by atoms with E-state index in [1.807, 2.05) is 0 Å². The molecule has 0 aromatic rings. The van der Waals surface area contributed by atoms with Gasteiger partial charge in [-0.2, -0.15) is 0 Å². The van der Waals surface area contributed by atoms with Crippen molar-refractivity contribution in [1.29, 1.82) is 0 Å². The third kappa shape index (κ3) is 4.61. The molecule has 0 aliphatic heterocycles. The minimum Gasteiger partial charge on any atom is -0.481 e. The van der Waals surface area contributed by atoms with Gasteiger partial charge in [0.15, 0.2) is 0 Å². The predicted octanol–water partition coefficient (Wildman–Crippen LogP) is 2.90. The van der Waals surface area contributed by atoms with Gasteiger partial charge in [0.25, 0.3) is 0 Å². The fourth-order valence-electron chi connectivity index (χ4n) is 3.89. The van der Waals surface area contributed by atoms with Crippen LogP contribution in [0.4, 0.5) is 4.79 Å². The number of carboxylic acids is 1. The standard InChI is InChI=1S/C16H28N2O3/c1-12-6-5-7-13(12)18-15(21)17-11-16(10-14(19)20)8-3-2-4-9-16/h12-13H,2-11H2,1H3,(H,19,20)(H2,17,18,21). The van der Waals surface area contributed by atoms with E-state index >= 15 is 0 Å². The molecule has 2 amide bonds. The van der Waals surface area contributed by atoms with Gasteiger partial charge >= 0.3 is 12.0 Å². The average Bonchev–Trinajstić information content (AvgIpc) is 2.82. The maximum atomic E-state index is 12.0. The molecule has 3 N–H and O–H groups in total. The Bertz CT molecular complexity index is 378. The summed E-state index contributed by atoms with van der Waals surface area (Å²) < 4.78 is 0. The number of aliphatic carboxylic acids is 1. The number of carboxylic acid groups (broad SMARTS) is 1. The molecule has 2 fully saturated rings. The summed E-state index contributed by atoms with van der Waals surface area (Å²) in [5, 5.41) is 15.1. The van der Waals surface area contributed by atoms with E-state index < -0.39 is 5.97 Å². The van der Waals surface area contributed by atoms with Crippen LogP contribution < -0.4 is 10.6 Å². The third-order valence-corrected chi connectivity index (χ3v) is 5.24. The van der Waals surface area contributed by atoms with Crippen molar-refractivity contribution in [3.8, 4) is 0 Å². The normalized spacial score (nSPS) is 28.0. The quantitative estimate of drug-likeness (QED) is 0.730. The van der Waals surface area contributed by atoms with Crippen molar-refractivity contribution in [3.05, 3.63) is 0 Å². The molecule has 5 heteroatoms. The molecule has 0 heterocycles. The molecule has 2 unspecified atom stereocenters. The first kappa shape index (κ1) is 16.1. The Morgan fingerprint density at radius 1 is 1.14 bits per heavy atom. The third-order valence-electron chi connectivity index (χ3n) is 5.24. The van der Waals surface area contributed by atoms with Crippen molar-refractivity contribution < 1.29 is 14.7 Å². The Morgan fingerprint density at radius 2 is 1.86 bits per heavy atom. The molecule has 0 spiro atoms. The highest BCUT2D eigenvalue weighted by Gasteiger charge is 2.35. The van der Waals surface area contributed by atoms with Crippen LogP contribution in [0.25, 0.3) is 0 Å². The van der Waals surface area contributed by atoms with Crippen molar-refractivity contribution >= 4 is 12.0 Å². The van der Waals surface area contributed by atoms with Crippen molar-refractivity contribution in [2.75, 3.05) is 6.54 Å². The molecule has 0 bridgehead atoms. The van der Waals surface area contributed by atoms with Crippen molar-refractivity contribution in [2.45, 2.75) is 70.8 Å². The van der Waals surface area contributed by atoms with E-state index in [1.165, 1.54) is 19.3 Å². The zero-order valence-electron chi connectivity index (χ0n) is 13.0. The fourth-order valence-corrected chi connectivity index (χ4v) is 3.89. The van der Waals surface area contributed by atoms with Gasteiger partial charge < -0.3 is 15.7 Å². The molecular formula is C16H28N2O3. The number of hydrogen-bond donors (Lipinski definition) is 3. The minimum atomic E-state index is -0.761. The number of rotatable bonds is 5. The van der Waals surface area contributed by atoms with E-state index in [4.69, 9.17) is 5.11 Å². The largest absolute Gasteiger partial charge is 0.481 e. The lowest BCUT2D eigenvalue weighted by Gasteiger charge is -2.36. The monoisotopic (exact) mass is 296 g/mol. The highest BCUT2D eigenvalue weighted by molar-refractivity contribution is 5.74. The highest BCUT2D eigenvalue weighted by atomic mass is 16.4. The highest BCUT2D eigenvalue weighted by Crippen LogP contribution is 2.38. The minimum absolute atomic E-state index is 0.135. The number of nitrogens with one attached hydrogen (secondary N) is 2. The van der Waals surface area contributed by atoms with Gasteiger partial charge in [-0.3, -0.25) is 4.79 Å². The van der Waals surface area contributed by atoms with Crippen LogP contribution in [0.15, 0.2) is 0 Å². The molecule has 21 heavy (non-hydrogen) atoms. The summed E-state index contributed by atoms with van der Waals surface area (Å²) in [5.74, 6) is -0.220. The lowest BCUT2D eigenvalue weighted by atomic mass is 9.72. The van der Waals surface area contributed by atoms with Crippen molar-refractivity contribution in [1.82, 2.24) is 10.6 Å². The second-order valence-electron chi connectivity index (χ2n) is 6.97. The van der Waals surface area contributed by atoms with E-state index in [-0.39, 0.29) is 23.9 Å².